The maximum atomic E-state index is 12.2. The molecule has 1 heterocycles. The Morgan fingerprint density at radius 3 is 2.59 bits per heavy atom. The molecule has 1 aliphatic carbocycles. The van der Waals surface area contributed by atoms with Crippen molar-refractivity contribution in [2.45, 2.75) is 6.92 Å². The first kappa shape index (κ1) is 9.84. The monoisotopic (exact) mass is 227 g/mol. The Morgan fingerprint density at radius 2 is 1.82 bits per heavy atom. The maximum absolute atomic E-state index is 12.2. The van der Waals surface area contributed by atoms with E-state index < -0.39 is 0 Å². The van der Waals surface area contributed by atoms with E-state index in [0.29, 0.717) is 16.8 Å². The van der Waals surface area contributed by atoms with Crippen LogP contribution in [-0.4, -0.2) is 21.7 Å². The molecule has 0 spiro atoms. The van der Waals surface area contributed by atoms with Gasteiger partial charge in [-0.05, 0) is 13.0 Å². The van der Waals surface area contributed by atoms with E-state index in [1.165, 1.54) is 12.3 Å². The molecular weight excluding hydrogens is 218 g/mol. The Labute approximate surface area is 96.9 Å². The van der Waals surface area contributed by atoms with Gasteiger partial charge in [0, 0.05) is 17.5 Å². The quantitative estimate of drug-likeness (QED) is 0.615. The Morgan fingerprint density at radius 1 is 1.06 bits per heavy atom. The summed E-state index contributed by atoms with van der Waals surface area (Å²) in [5, 5.41) is 9.72. The van der Waals surface area contributed by atoms with Crippen LogP contribution < -0.4 is 0 Å². The number of carbonyl (C=O) groups excluding carboxylic acids is 2. The molecule has 1 aromatic heterocycles. The first-order valence-electron chi connectivity index (χ1n) is 5.20. The zero-order valence-electron chi connectivity index (χ0n) is 9.07. The Balaban J connectivity index is 2.39. The van der Waals surface area contributed by atoms with Crippen molar-refractivity contribution in [3.63, 3.8) is 0 Å². The van der Waals surface area contributed by atoms with Gasteiger partial charge in [0.05, 0.1) is 16.7 Å². The number of phenols is 1. The van der Waals surface area contributed by atoms with Gasteiger partial charge in [-0.1, -0.05) is 12.1 Å². The Bertz CT molecular complexity index is 667. The van der Waals surface area contributed by atoms with Crippen molar-refractivity contribution in [1.29, 1.82) is 0 Å². The number of ketones is 2. The van der Waals surface area contributed by atoms with Crippen molar-refractivity contribution >= 4 is 11.6 Å². The van der Waals surface area contributed by atoms with Crippen LogP contribution in [0.1, 0.15) is 37.5 Å². The summed E-state index contributed by atoms with van der Waals surface area (Å²) in [7, 11) is 0. The topological polar surface area (TPSA) is 70.2 Å². The fraction of sp³-hybridized carbons (Fsp3) is 0.0769. The van der Waals surface area contributed by atoms with Gasteiger partial charge in [-0.3, -0.25) is 9.59 Å². The summed E-state index contributed by atoms with van der Waals surface area (Å²) in [6.45, 7) is 1.73. The number of carbonyl (C=O) groups is 2. The van der Waals surface area contributed by atoms with E-state index in [0.717, 1.165) is 0 Å². The molecule has 84 valence electrons. The molecule has 0 saturated heterocycles. The van der Waals surface area contributed by atoms with Crippen LogP contribution in [0.4, 0.5) is 0 Å². The molecule has 3 rings (SSSR count). The molecule has 0 fully saturated rings. The summed E-state index contributed by atoms with van der Waals surface area (Å²) in [6.07, 6.45) is 1.54. The van der Waals surface area contributed by atoms with Crippen molar-refractivity contribution in [2.75, 3.05) is 0 Å². The SMILES string of the molecule is Cc1[nH]cc2c1C(=O)c1c(O)cccc1C2=O. The number of benzene rings is 1. The lowest BCUT2D eigenvalue weighted by molar-refractivity contribution is 0.0977. The third-order valence-corrected chi connectivity index (χ3v) is 3.06. The molecule has 0 aliphatic heterocycles. The minimum Gasteiger partial charge on any atom is -0.507 e. The minimum atomic E-state index is -0.300. The number of aromatic amines is 1. The average Bonchev–Trinajstić information content (AvgIpc) is 2.68. The van der Waals surface area contributed by atoms with Gasteiger partial charge in [0.1, 0.15) is 5.75 Å². The number of fused-ring (bicyclic) bond motifs is 2. The maximum Gasteiger partial charge on any atom is 0.200 e. The standard InChI is InChI=1S/C13H9NO3/c1-6-10-8(5-14-6)12(16)7-3-2-4-9(15)11(7)13(10)17/h2-5,14-15H,1H3. The van der Waals surface area contributed by atoms with E-state index in [1.807, 2.05) is 0 Å². The van der Waals surface area contributed by atoms with Crippen LogP contribution in [0.2, 0.25) is 0 Å². The smallest absolute Gasteiger partial charge is 0.200 e. The summed E-state index contributed by atoms with van der Waals surface area (Å²) in [6, 6.07) is 4.53. The van der Waals surface area contributed by atoms with Gasteiger partial charge in [0.25, 0.3) is 0 Å². The molecule has 1 aromatic carbocycles. The predicted octanol–water partition coefficient (Wildman–Crippen LogP) is 1.80. The molecule has 4 heteroatoms. The van der Waals surface area contributed by atoms with Crippen LogP contribution in [0.15, 0.2) is 24.4 Å². The van der Waals surface area contributed by atoms with Gasteiger partial charge in [-0.15, -0.1) is 0 Å². The zero-order chi connectivity index (χ0) is 12.2. The Kier molecular flexibility index (Phi) is 1.78. The number of aryl methyl sites for hydroxylation is 1. The van der Waals surface area contributed by atoms with Crippen molar-refractivity contribution in [3.8, 4) is 5.75 Å². The van der Waals surface area contributed by atoms with Crippen LogP contribution >= 0.6 is 0 Å². The average molecular weight is 227 g/mol. The number of phenolic OH excluding ortho intramolecular Hbond substituents is 1. The van der Waals surface area contributed by atoms with Gasteiger partial charge < -0.3 is 10.1 Å². The van der Waals surface area contributed by atoms with E-state index in [1.54, 1.807) is 19.1 Å². The lowest BCUT2D eigenvalue weighted by Crippen LogP contribution is -2.20. The third-order valence-electron chi connectivity index (χ3n) is 3.06. The molecular formula is C13H9NO3. The normalized spacial score (nSPS) is 13.5. The predicted molar refractivity (Wildman–Crippen MR) is 60.5 cm³/mol. The van der Waals surface area contributed by atoms with Crippen LogP contribution in [0.25, 0.3) is 0 Å². The van der Waals surface area contributed by atoms with Crippen molar-refractivity contribution in [2.24, 2.45) is 0 Å². The fourth-order valence-electron chi connectivity index (χ4n) is 2.24. The van der Waals surface area contributed by atoms with E-state index in [4.69, 9.17) is 0 Å². The van der Waals surface area contributed by atoms with Gasteiger partial charge in [0.2, 0.25) is 0 Å². The molecule has 0 amide bonds. The lowest BCUT2D eigenvalue weighted by atomic mass is 9.85. The minimum absolute atomic E-state index is 0.104. The summed E-state index contributed by atoms with van der Waals surface area (Å²) in [4.78, 5) is 27.2. The molecule has 1 aliphatic rings. The van der Waals surface area contributed by atoms with E-state index in [2.05, 4.69) is 4.98 Å². The van der Waals surface area contributed by atoms with Crippen LogP contribution in [0.5, 0.6) is 5.75 Å². The number of nitrogens with one attached hydrogen (secondary N) is 1. The number of hydrogen-bond acceptors (Lipinski definition) is 3. The highest BCUT2D eigenvalue weighted by molar-refractivity contribution is 6.29. The second kappa shape index (κ2) is 3.07. The Hall–Kier alpha value is -2.36. The lowest BCUT2D eigenvalue weighted by Gasteiger charge is -2.15. The van der Waals surface area contributed by atoms with Crippen LogP contribution in [0, 0.1) is 6.92 Å². The molecule has 0 saturated carbocycles. The van der Waals surface area contributed by atoms with Crippen LogP contribution in [0.3, 0.4) is 0 Å². The molecule has 2 N–H and O–H groups in total. The summed E-state index contributed by atoms with van der Waals surface area (Å²) >= 11 is 0. The fourth-order valence-corrected chi connectivity index (χ4v) is 2.24. The van der Waals surface area contributed by atoms with Crippen molar-refractivity contribution in [3.05, 3.63) is 52.3 Å². The highest BCUT2D eigenvalue weighted by Gasteiger charge is 2.33. The van der Waals surface area contributed by atoms with E-state index in [9.17, 15) is 14.7 Å². The summed E-state index contributed by atoms with van der Waals surface area (Å²) in [5.74, 6) is -0.673. The number of hydrogen-bond donors (Lipinski definition) is 2. The molecule has 0 radical (unpaired) electrons. The molecule has 0 atom stereocenters. The third kappa shape index (κ3) is 1.12. The second-order valence-electron chi connectivity index (χ2n) is 4.06. The van der Waals surface area contributed by atoms with Gasteiger partial charge >= 0.3 is 0 Å². The van der Waals surface area contributed by atoms with Gasteiger partial charge in [-0.2, -0.15) is 0 Å². The molecule has 0 unspecified atom stereocenters. The molecule has 0 bridgehead atoms. The molecule has 17 heavy (non-hydrogen) atoms. The number of aromatic hydroxyl groups is 1. The number of aromatic nitrogens is 1. The highest BCUT2D eigenvalue weighted by Crippen LogP contribution is 2.33. The van der Waals surface area contributed by atoms with E-state index in [-0.39, 0.29) is 28.4 Å². The second-order valence-corrected chi connectivity index (χ2v) is 4.06. The van der Waals surface area contributed by atoms with Gasteiger partial charge in [0.15, 0.2) is 11.6 Å². The zero-order valence-corrected chi connectivity index (χ0v) is 9.07. The summed E-state index contributed by atoms with van der Waals surface area (Å²) < 4.78 is 0. The summed E-state index contributed by atoms with van der Waals surface area (Å²) in [5.41, 5.74) is 1.76. The largest absolute Gasteiger partial charge is 0.507 e. The number of rotatable bonds is 0. The number of H-pyrrole nitrogens is 1. The first-order chi connectivity index (χ1) is 8.11. The van der Waals surface area contributed by atoms with Crippen molar-refractivity contribution in [1.82, 2.24) is 4.98 Å². The van der Waals surface area contributed by atoms with E-state index >= 15 is 0 Å². The van der Waals surface area contributed by atoms with Gasteiger partial charge in [-0.25, -0.2) is 0 Å². The van der Waals surface area contributed by atoms with Crippen molar-refractivity contribution < 1.29 is 14.7 Å². The molecule has 2 aromatic rings. The van der Waals surface area contributed by atoms with Crippen LogP contribution in [-0.2, 0) is 0 Å². The highest BCUT2D eigenvalue weighted by atomic mass is 16.3. The first-order valence-corrected chi connectivity index (χ1v) is 5.20. The molecule has 4 nitrogen and oxygen atoms in total.